The van der Waals surface area contributed by atoms with E-state index in [1.54, 1.807) is 22.3 Å². The van der Waals surface area contributed by atoms with Crippen LogP contribution in [-0.2, 0) is 25.9 Å². The Bertz CT molecular complexity index is 360. The van der Waals surface area contributed by atoms with Gasteiger partial charge in [-0.1, -0.05) is 23.3 Å². The highest BCUT2D eigenvalue weighted by atomic mass is 15.2. The zero-order valence-electron chi connectivity index (χ0n) is 9.59. The summed E-state index contributed by atoms with van der Waals surface area (Å²) in [4.78, 5) is 2.55. The Morgan fingerprint density at radius 1 is 1.00 bits per heavy atom. The van der Waals surface area contributed by atoms with Crippen molar-refractivity contribution in [3.63, 3.8) is 0 Å². The maximum Gasteiger partial charge on any atom is 0.0243 e. The van der Waals surface area contributed by atoms with Crippen molar-refractivity contribution in [2.75, 3.05) is 0 Å². The lowest BCUT2D eigenvalue weighted by atomic mass is 10.0. The second kappa shape index (κ2) is 3.34. The van der Waals surface area contributed by atoms with Gasteiger partial charge < -0.3 is 6.42 Å². The summed E-state index contributed by atoms with van der Waals surface area (Å²) in [5.41, 5.74) is 6.27. The molecular weight excluding hydrogens is 182 g/mol. The van der Waals surface area contributed by atoms with Crippen molar-refractivity contribution >= 4 is 0 Å². The molecule has 3 rings (SSSR count). The third-order valence-electron chi connectivity index (χ3n) is 3.73. The van der Waals surface area contributed by atoms with E-state index in [0.717, 1.165) is 13.1 Å². The van der Waals surface area contributed by atoms with Gasteiger partial charge in [0.25, 0.3) is 0 Å². The van der Waals surface area contributed by atoms with Crippen molar-refractivity contribution in [1.29, 1.82) is 0 Å². The predicted molar refractivity (Wildman–Crippen MR) is 62.5 cm³/mol. The largest absolute Gasteiger partial charge is 0.320 e. The van der Waals surface area contributed by atoms with Crippen LogP contribution in [0.1, 0.15) is 36.1 Å². The highest BCUT2D eigenvalue weighted by Gasteiger charge is 2.22. The van der Waals surface area contributed by atoms with Gasteiger partial charge in [0.15, 0.2) is 0 Å². The van der Waals surface area contributed by atoms with Crippen molar-refractivity contribution in [2.45, 2.75) is 45.8 Å². The first-order chi connectivity index (χ1) is 7.24. The van der Waals surface area contributed by atoms with Crippen molar-refractivity contribution in [3.8, 4) is 0 Å². The summed E-state index contributed by atoms with van der Waals surface area (Å²) < 4.78 is 0. The smallest absolute Gasteiger partial charge is 0.0243 e. The molecule has 0 N–H and O–H groups in total. The maximum atomic E-state index is 2.55. The van der Waals surface area contributed by atoms with Gasteiger partial charge in [-0.2, -0.15) is 12.8 Å². The van der Waals surface area contributed by atoms with Gasteiger partial charge in [-0.25, -0.2) is 0 Å². The molecule has 0 bridgehead atoms. The van der Waals surface area contributed by atoms with Gasteiger partial charge in [0.05, 0.1) is 0 Å². The highest BCUT2D eigenvalue weighted by molar-refractivity contribution is 5.44. The molecule has 2 aliphatic rings. The Morgan fingerprint density at radius 3 is 2.00 bits per heavy atom. The van der Waals surface area contributed by atoms with Crippen LogP contribution in [0.4, 0.5) is 0 Å². The molecule has 0 aromatic heterocycles. The van der Waals surface area contributed by atoms with E-state index < -0.39 is 0 Å². The van der Waals surface area contributed by atoms with E-state index >= 15 is 0 Å². The number of benzene rings is 1. The van der Waals surface area contributed by atoms with Crippen LogP contribution in [0.25, 0.3) is 0 Å². The number of rotatable bonds is 1. The SMILES string of the molecule is CC(C)N1Cc2cc3c(cc2C1)C[CH-]C3. The van der Waals surface area contributed by atoms with Crippen LogP contribution in [0.3, 0.4) is 0 Å². The van der Waals surface area contributed by atoms with E-state index in [0.29, 0.717) is 6.04 Å². The Morgan fingerprint density at radius 2 is 1.53 bits per heavy atom. The van der Waals surface area contributed by atoms with E-state index in [4.69, 9.17) is 0 Å². The molecule has 1 aliphatic carbocycles. The van der Waals surface area contributed by atoms with Crippen LogP contribution >= 0.6 is 0 Å². The summed E-state index contributed by atoms with van der Waals surface area (Å²) in [6.07, 6.45) is 4.76. The van der Waals surface area contributed by atoms with E-state index in [1.165, 1.54) is 12.8 Å². The average Bonchev–Trinajstić information content (AvgIpc) is 2.77. The van der Waals surface area contributed by atoms with E-state index in [2.05, 4.69) is 37.3 Å². The molecular formula is C14H18N-. The van der Waals surface area contributed by atoms with Crippen LogP contribution in [0.2, 0.25) is 0 Å². The molecule has 0 fully saturated rings. The van der Waals surface area contributed by atoms with E-state index in [9.17, 15) is 0 Å². The molecule has 0 atom stereocenters. The number of hydrogen-bond donors (Lipinski definition) is 0. The van der Waals surface area contributed by atoms with Gasteiger partial charge in [0.1, 0.15) is 0 Å². The first-order valence-electron chi connectivity index (χ1n) is 5.93. The van der Waals surface area contributed by atoms with E-state index in [-0.39, 0.29) is 0 Å². The molecule has 0 amide bonds. The molecule has 0 radical (unpaired) electrons. The number of hydrogen-bond acceptors (Lipinski definition) is 1. The van der Waals surface area contributed by atoms with E-state index in [1.807, 2.05) is 0 Å². The quantitative estimate of drug-likeness (QED) is 0.630. The topological polar surface area (TPSA) is 3.24 Å². The number of nitrogens with zero attached hydrogens (tertiary/aromatic N) is 1. The predicted octanol–water partition coefficient (Wildman–Crippen LogP) is 2.71. The minimum atomic E-state index is 0.666. The lowest BCUT2D eigenvalue weighted by Gasteiger charge is -2.18. The molecule has 15 heavy (non-hydrogen) atoms. The fourth-order valence-corrected chi connectivity index (χ4v) is 2.71. The lowest BCUT2D eigenvalue weighted by Crippen LogP contribution is -2.24. The van der Waals surface area contributed by atoms with Gasteiger partial charge >= 0.3 is 0 Å². The standard InChI is InChI=1S/C14H18N/c1-10(2)15-8-13-6-11-4-3-5-12(11)7-14(13)9-15/h3,6-7,10H,4-5,8-9H2,1-2H3/q-1. The first kappa shape index (κ1) is 9.41. The Hall–Kier alpha value is -0.820. The second-order valence-electron chi connectivity index (χ2n) is 5.09. The third kappa shape index (κ3) is 1.50. The molecule has 1 heterocycles. The van der Waals surface area contributed by atoms with Gasteiger partial charge in [-0.05, 0) is 25.0 Å². The van der Waals surface area contributed by atoms with Gasteiger partial charge in [0, 0.05) is 19.1 Å². The minimum absolute atomic E-state index is 0.666. The molecule has 1 nitrogen and oxygen atoms in total. The second-order valence-corrected chi connectivity index (χ2v) is 5.09. The minimum Gasteiger partial charge on any atom is -0.320 e. The Kier molecular flexibility index (Phi) is 2.10. The van der Waals surface area contributed by atoms with Crippen molar-refractivity contribution < 1.29 is 0 Å². The van der Waals surface area contributed by atoms with Crippen LogP contribution in [0, 0.1) is 6.42 Å². The number of fused-ring (bicyclic) bond motifs is 2. The van der Waals surface area contributed by atoms with Crippen molar-refractivity contribution in [1.82, 2.24) is 4.90 Å². The lowest BCUT2D eigenvalue weighted by molar-refractivity contribution is 0.227. The molecule has 0 saturated heterocycles. The van der Waals surface area contributed by atoms with Gasteiger partial charge in [-0.15, -0.1) is 0 Å². The fraction of sp³-hybridized carbons (Fsp3) is 0.500. The fourth-order valence-electron chi connectivity index (χ4n) is 2.71. The van der Waals surface area contributed by atoms with Crippen molar-refractivity contribution in [2.24, 2.45) is 0 Å². The first-order valence-corrected chi connectivity index (χ1v) is 5.93. The molecule has 1 aliphatic heterocycles. The molecule has 1 aromatic rings. The Balaban J connectivity index is 1.95. The highest BCUT2D eigenvalue weighted by Crippen LogP contribution is 2.31. The van der Waals surface area contributed by atoms with Crippen LogP contribution in [0.15, 0.2) is 12.1 Å². The van der Waals surface area contributed by atoms with Crippen LogP contribution in [0.5, 0.6) is 0 Å². The van der Waals surface area contributed by atoms with Crippen LogP contribution < -0.4 is 0 Å². The van der Waals surface area contributed by atoms with Gasteiger partial charge in [0.2, 0.25) is 0 Å². The summed E-state index contributed by atoms with van der Waals surface area (Å²) >= 11 is 0. The molecule has 0 spiro atoms. The zero-order valence-corrected chi connectivity index (χ0v) is 9.59. The summed E-state index contributed by atoms with van der Waals surface area (Å²) in [6.45, 7) is 6.88. The average molecular weight is 200 g/mol. The monoisotopic (exact) mass is 200 g/mol. The summed E-state index contributed by atoms with van der Waals surface area (Å²) in [6, 6.07) is 5.55. The summed E-state index contributed by atoms with van der Waals surface area (Å²) in [7, 11) is 0. The normalized spacial score (nSPS) is 19.7. The van der Waals surface area contributed by atoms with Gasteiger partial charge in [-0.3, -0.25) is 4.90 Å². The third-order valence-corrected chi connectivity index (χ3v) is 3.73. The summed E-state index contributed by atoms with van der Waals surface area (Å²) in [5.74, 6) is 0. The molecule has 1 aromatic carbocycles. The summed E-state index contributed by atoms with van der Waals surface area (Å²) in [5, 5.41) is 0. The molecule has 0 saturated carbocycles. The Labute approximate surface area is 92.1 Å². The zero-order chi connectivity index (χ0) is 10.4. The molecule has 80 valence electrons. The molecule has 0 unspecified atom stereocenters. The maximum absolute atomic E-state index is 2.55. The molecule has 1 heteroatoms. The van der Waals surface area contributed by atoms with Crippen LogP contribution in [-0.4, -0.2) is 10.9 Å². The van der Waals surface area contributed by atoms with Crippen molar-refractivity contribution in [3.05, 3.63) is 40.8 Å².